The summed E-state index contributed by atoms with van der Waals surface area (Å²) in [6.45, 7) is 5.25. The number of fused-ring (bicyclic) bond motifs is 2. The molecule has 8 aromatic rings. The molecule has 0 aliphatic heterocycles. The van der Waals surface area contributed by atoms with Crippen LogP contribution in [0.4, 0.5) is 0 Å². The monoisotopic (exact) mass is 1040 g/mol. The number of hydrogen-bond donors (Lipinski definition) is 1. The lowest BCUT2D eigenvalue weighted by atomic mass is 10.1. The quantitative estimate of drug-likeness (QED) is 0.0803. The Morgan fingerprint density at radius 2 is 1.17 bits per heavy atom. The maximum atomic E-state index is 11.4. The molecule has 0 spiro atoms. The average Bonchev–Trinajstić information content (AvgIpc) is 4.18. The number of benzene rings is 4. The summed E-state index contributed by atoms with van der Waals surface area (Å²) in [5.41, 5.74) is 6.39. The van der Waals surface area contributed by atoms with Crippen LogP contribution in [0.2, 0.25) is 20.1 Å². The minimum absolute atomic E-state index is 0.120. The summed E-state index contributed by atoms with van der Waals surface area (Å²) in [5, 5.41) is 11.2. The van der Waals surface area contributed by atoms with Crippen LogP contribution in [0.15, 0.2) is 97.6 Å². The highest BCUT2D eigenvalue weighted by atomic mass is 35.5. The van der Waals surface area contributed by atoms with E-state index in [0.29, 0.717) is 103 Å². The number of carboxylic acid groups (broad SMARTS) is 1. The van der Waals surface area contributed by atoms with E-state index in [4.69, 9.17) is 75.7 Å². The van der Waals surface area contributed by atoms with Crippen molar-refractivity contribution in [2.75, 3.05) is 13.7 Å². The Hall–Kier alpha value is -6.52. The van der Waals surface area contributed by atoms with Gasteiger partial charge in [0, 0.05) is 27.6 Å². The second-order valence-corrected chi connectivity index (χ2v) is 19.7. The van der Waals surface area contributed by atoms with Crippen LogP contribution in [-0.4, -0.2) is 81.0 Å². The van der Waals surface area contributed by atoms with Crippen molar-refractivity contribution in [3.05, 3.63) is 134 Å². The van der Waals surface area contributed by atoms with Crippen molar-refractivity contribution < 1.29 is 33.6 Å². The van der Waals surface area contributed by atoms with Crippen molar-refractivity contribution in [2.24, 2.45) is 0 Å². The van der Waals surface area contributed by atoms with E-state index in [1.807, 2.05) is 81.9 Å². The number of ether oxygens (including phenoxy) is 4. The fourth-order valence-electron chi connectivity index (χ4n) is 7.81. The zero-order valence-electron chi connectivity index (χ0n) is 39.0. The summed E-state index contributed by atoms with van der Waals surface area (Å²) in [6, 6.07) is 26.4. The van der Waals surface area contributed by atoms with Gasteiger partial charge in [0.25, 0.3) is 0 Å². The van der Waals surface area contributed by atoms with Crippen LogP contribution in [0, 0.1) is 0 Å². The Morgan fingerprint density at radius 3 is 1.63 bits per heavy atom. The van der Waals surface area contributed by atoms with Crippen molar-refractivity contribution in [2.45, 2.75) is 89.5 Å². The molecule has 1 N–H and O–H groups in total. The molecule has 0 atom stereocenters. The van der Waals surface area contributed by atoms with Gasteiger partial charge >= 0.3 is 11.9 Å². The molecule has 0 saturated heterocycles. The van der Waals surface area contributed by atoms with E-state index in [1.165, 1.54) is 19.8 Å². The number of carbonyl (C=O) groups is 2. The van der Waals surface area contributed by atoms with Crippen molar-refractivity contribution in [3.63, 3.8) is 0 Å². The van der Waals surface area contributed by atoms with Gasteiger partial charge in [-0.1, -0.05) is 76.7 Å². The summed E-state index contributed by atoms with van der Waals surface area (Å²) in [7, 11) is 1.34. The topological polar surface area (TPSA) is 178 Å². The highest BCUT2D eigenvalue weighted by molar-refractivity contribution is 6.34. The van der Waals surface area contributed by atoms with Crippen LogP contribution in [0.1, 0.15) is 75.5 Å². The number of rotatable bonds is 18. The van der Waals surface area contributed by atoms with Crippen LogP contribution in [0.25, 0.3) is 45.1 Å². The molecule has 71 heavy (non-hydrogen) atoms. The smallest absolute Gasteiger partial charge is 0.308 e. The predicted octanol–water partition coefficient (Wildman–Crippen LogP) is 11.9. The number of carbonyl (C=O) groups excluding carboxylic acids is 1. The number of methoxy groups -OCH3 is 1. The van der Waals surface area contributed by atoms with E-state index < -0.39 is 5.97 Å². The van der Waals surface area contributed by atoms with Crippen molar-refractivity contribution in [1.82, 2.24) is 39.0 Å². The van der Waals surface area contributed by atoms with Gasteiger partial charge in [0.15, 0.2) is 22.3 Å². The van der Waals surface area contributed by atoms with Crippen molar-refractivity contribution >= 4 is 80.7 Å². The zero-order chi connectivity index (χ0) is 49.9. The van der Waals surface area contributed by atoms with Gasteiger partial charge in [-0.2, -0.15) is 9.97 Å². The average molecular weight is 1040 g/mol. The van der Waals surface area contributed by atoms with Gasteiger partial charge in [0.2, 0.25) is 11.8 Å². The molecule has 10 rings (SSSR count). The number of esters is 1. The van der Waals surface area contributed by atoms with Crippen LogP contribution in [0.5, 0.6) is 17.5 Å². The van der Waals surface area contributed by atoms with Gasteiger partial charge in [-0.3, -0.25) is 9.59 Å². The van der Waals surface area contributed by atoms with Crippen molar-refractivity contribution in [3.8, 4) is 40.3 Å². The van der Waals surface area contributed by atoms with Gasteiger partial charge in [-0.25, -0.2) is 19.9 Å². The van der Waals surface area contributed by atoms with Gasteiger partial charge in [-0.05, 0) is 124 Å². The highest BCUT2D eigenvalue weighted by Crippen LogP contribution is 2.43. The van der Waals surface area contributed by atoms with Crippen LogP contribution in [-0.2, 0) is 33.8 Å². The molecule has 4 aromatic carbocycles. The van der Waals surface area contributed by atoms with E-state index in [1.54, 1.807) is 12.1 Å². The van der Waals surface area contributed by atoms with Crippen LogP contribution >= 0.6 is 46.4 Å². The lowest BCUT2D eigenvalue weighted by Crippen LogP contribution is -2.13. The third-order valence-corrected chi connectivity index (χ3v) is 13.3. The molecule has 0 amide bonds. The maximum absolute atomic E-state index is 11.4. The summed E-state index contributed by atoms with van der Waals surface area (Å²) in [4.78, 5) is 49.8. The normalized spacial score (nSPS) is 14.1. The summed E-state index contributed by atoms with van der Waals surface area (Å²) >= 11 is 25.9. The molecule has 2 aliphatic carbocycles. The molecule has 2 aliphatic rings. The molecule has 0 unspecified atom stereocenters. The van der Waals surface area contributed by atoms with E-state index in [-0.39, 0.29) is 36.6 Å². The highest BCUT2D eigenvalue weighted by Gasteiger charge is 2.42. The van der Waals surface area contributed by atoms with E-state index in [9.17, 15) is 9.59 Å². The summed E-state index contributed by atoms with van der Waals surface area (Å²) in [6.07, 6.45) is 8.32. The van der Waals surface area contributed by atoms with Crippen LogP contribution in [0.3, 0.4) is 0 Å². The molecule has 15 nitrogen and oxygen atoms in total. The second kappa shape index (κ2) is 21.1. The number of nitrogens with zero attached hydrogens (tertiary/aromatic N) is 8. The fraction of sp³-hybridized carbons (Fsp3) is 0.308. The first-order valence-electron chi connectivity index (χ1n) is 23.0. The molecule has 2 fully saturated rings. The van der Waals surface area contributed by atoms with E-state index in [2.05, 4.69) is 38.5 Å². The first-order chi connectivity index (χ1) is 34.2. The standard InChI is InChI=1S/C26H24Cl2N4O4.C26H24Cl2N4O3/c1-26(9-10-26)36-25-22-24(29-15-30-25)32(14-16-4-3-5-17(27)12-16)23(31-22)19-7-6-18(13-20(19)28)35-11-8-21(33)34-2;1-26(10-11-26)35-25-22-24(29-15-30-25)32(14-17-5-2-6-18(27)12-17)23(31-22)19-9-8-16(13-20(19)28)4-3-7-21(33)34/h3-7,12-13,15H,8-11,14H2,1-2H3;2,5-6,8-9,12-13,15H,3-4,7,10-11,14H2,1H3,(H,33,34). The Morgan fingerprint density at radius 1 is 0.648 bits per heavy atom. The molecule has 4 heterocycles. The molecule has 366 valence electrons. The lowest BCUT2D eigenvalue weighted by molar-refractivity contribution is -0.141. The third-order valence-electron chi connectivity index (χ3n) is 12.2. The Kier molecular flexibility index (Phi) is 14.7. The molecular formula is C52H48Cl4N8O7. The Labute approximate surface area is 429 Å². The number of halogens is 4. The third kappa shape index (κ3) is 12.0. The lowest BCUT2D eigenvalue weighted by Gasteiger charge is -2.12. The number of aryl methyl sites for hydroxylation is 1. The van der Waals surface area contributed by atoms with E-state index >= 15 is 0 Å². The van der Waals surface area contributed by atoms with Crippen LogP contribution < -0.4 is 14.2 Å². The molecule has 19 heteroatoms. The molecule has 0 radical (unpaired) electrons. The Bertz CT molecular complexity index is 3280. The molecular weight excluding hydrogens is 990 g/mol. The number of aromatic nitrogens is 8. The first kappa shape index (κ1) is 49.5. The summed E-state index contributed by atoms with van der Waals surface area (Å²) < 4.78 is 26.6. The second-order valence-electron chi connectivity index (χ2n) is 18.0. The van der Waals surface area contributed by atoms with E-state index in [0.717, 1.165) is 47.9 Å². The Balaban J connectivity index is 0.000000176. The molecule has 4 aromatic heterocycles. The van der Waals surface area contributed by atoms with Gasteiger partial charge in [0.05, 0.1) is 43.3 Å². The predicted molar refractivity (Wildman–Crippen MR) is 272 cm³/mol. The fourth-order valence-corrected chi connectivity index (χ4v) is 8.78. The minimum Gasteiger partial charge on any atom is -0.493 e. The van der Waals surface area contributed by atoms with Gasteiger partial charge in [0.1, 0.15) is 41.3 Å². The number of hydrogen-bond acceptors (Lipinski definition) is 12. The molecule has 2 saturated carbocycles. The number of aliphatic carboxylic acids is 1. The number of imidazole rings is 2. The molecule has 0 bridgehead atoms. The maximum Gasteiger partial charge on any atom is 0.308 e. The number of carboxylic acids is 1. The minimum atomic E-state index is -0.804. The first-order valence-corrected chi connectivity index (χ1v) is 24.5. The summed E-state index contributed by atoms with van der Waals surface area (Å²) in [5.74, 6) is 1.56. The van der Waals surface area contributed by atoms with Crippen molar-refractivity contribution in [1.29, 1.82) is 0 Å². The van der Waals surface area contributed by atoms with Gasteiger partial charge in [-0.15, -0.1) is 0 Å². The largest absolute Gasteiger partial charge is 0.493 e. The SMILES string of the molecule is CC1(Oc2ncnc3c2nc(-c2ccc(CCCC(=O)O)cc2Cl)n3Cc2cccc(Cl)c2)CC1.COC(=O)CCOc1ccc(-c2nc3c(OC4(C)CC4)ncnc3n2Cc2cccc(Cl)c2)c(Cl)c1. The zero-order valence-corrected chi connectivity index (χ0v) is 42.0. The van der Waals surface area contributed by atoms with Gasteiger partial charge < -0.3 is 33.2 Å².